The first-order valence-electron chi connectivity index (χ1n) is 10.1. The second-order valence-electron chi connectivity index (χ2n) is 6.99. The number of halogens is 1. The number of carbonyl (C=O) groups is 1. The van der Waals surface area contributed by atoms with E-state index in [1.165, 1.54) is 10.7 Å². The van der Waals surface area contributed by atoms with E-state index in [-0.39, 0.29) is 5.91 Å². The molecule has 1 amide bonds. The fourth-order valence-electron chi connectivity index (χ4n) is 3.31. The highest BCUT2D eigenvalue weighted by Gasteiger charge is 2.17. The van der Waals surface area contributed by atoms with Crippen LogP contribution in [0.5, 0.6) is 5.75 Å². The normalized spacial score (nSPS) is 11.1. The van der Waals surface area contributed by atoms with Crippen LogP contribution < -0.4 is 10.1 Å². The van der Waals surface area contributed by atoms with Gasteiger partial charge in [0.1, 0.15) is 22.3 Å². The van der Waals surface area contributed by atoms with Gasteiger partial charge in [-0.05, 0) is 44.5 Å². The number of nitrogens with zero attached hydrogens (tertiary/aromatic N) is 5. The van der Waals surface area contributed by atoms with Crippen LogP contribution in [-0.4, -0.2) is 43.2 Å². The molecule has 8 nitrogen and oxygen atoms in total. The van der Waals surface area contributed by atoms with Crippen molar-refractivity contribution < 1.29 is 9.53 Å². The summed E-state index contributed by atoms with van der Waals surface area (Å²) in [7, 11) is 0. The number of amides is 1. The summed E-state index contributed by atoms with van der Waals surface area (Å²) in [4.78, 5) is 21.6. The Bertz CT molecular complexity index is 1200. The molecule has 160 valence electrons. The van der Waals surface area contributed by atoms with Crippen molar-refractivity contribution in [2.75, 3.05) is 13.2 Å². The second-order valence-corrected chi connectivity index (χ2v) is 7.38. The fraction of sp³-hybridized carbons (Fsp3) is 0.273. The molecule has 31 heavy (non-hydrogen) atoms. The predicted molar refractivity (Wildman–Crippen MR) is 119 cm³/mol. The van der Waals surface area contributed by atoms with Gasteiger partial charge in [0.05, 0.1) is 18.5 Å². The van der Waals surface area contributed by atoms with E-state index in [1.54, 1.807) is 12.3 Å². The Morgan fingerprint density at radius 3 is 2.77 bits per heavy atom. The van der Waals surface area contributed by atoms with Gasteiger partial charge < -0.3 is 14.6 Å². The third kappa shape index (κ3) is 4.54. The summed E-state index contributed by atoms with van der Waals surface area (Å²) in [6.07, 6.45) is 5.97. The average molecular weight is 439 g/mol. The topological polar surface area (TPSA) is 86.3 Å². The van der Waals surface area contributed by atoms with E-state index in [1.807, 2.05) is 48.9 Å². The molecule has 0 aliphatic heterocycles. The first-order chi connectivity index (χ1) is 15.1. The molecule has 1 N–H and O–H groups in total. The van der Waals surface area contributed by atoms with Crippen LogP contribution in [0, 0.1) is 6.92 Å². The smallest absolute Gasteiger partial charge is 0.256 e. The standard InChI is InChI=1S/C22H23ClN6O2/c1-3-31-17-7-5-16(6-8-17)19-13-20(23)29-21(27-19)18(14-26-29)22(30)25-9-4-11-28-12-10-24-15(28)2/h5-8,10,12-14H,3-4,9,11H2,1-2H3,(H,25,30). The van der Waals surface area contributed by atoms with Crippen LogP contribution in [0.15, 0.2) is 48.9 Å². The largest absolute Gasteiger partial charge is 0.494 e. The third-order valence-corrected chi connectivity index (χ3v) is 5.19. The van der Waals surface area contributed by atoms with Crippen LogP contribution in [0.1, 0.15) is 29.5 Å². The molecule has 4 aromatic rings. The molecule has 0 aliphatic rings. The zero-order valence-corrected chi connectivity index (χ0v) is 18.1. The molecule has 3 aromatic heterocycles. The van der Waals surface area contributed by atoms with Crippen molar-refractivity contribution >= 4 is 23.2 Å². The van der Waals surface area contributed by atoms with Gasteiger partial charge >= 0.3 is 0 Å². The summed E-state index contributed by atoms with van der Waals surface area (Å²) in [5.74, 6) is 1.51. The number of nitrogens with one attached hydrogen (secondary N) is 1. The van der Waals surface area contributed by atoms with Crippen LogP contribution in [0.3, 0.4) is 0 Å². The van der Waals surface area contributed by atoms with Gasteiger partial charge in [-0.1, -0.05) is 11.6 Å². The van der Waals surface area contributed by atoms with Gasteiger partial charge in [0.2, 0.25) is 0 Å². The fourth-order valence-corrected chi connectivity index (χ4v) is 3.54. The highest BCUT2D eigenvalue weighted by atomic mass is 35.5. The molecule has 0 bridgehead atoms. The first-order valence-corrected chi connectivity index (χ1v) is 10.5. The number of hydrogen-bond acceptors (Lipinski definition) is 5. The number of imidazole rings is 1. The number of benzene rings is 1. The number of carbonyl (C=O) groups excluding carboxylic acids is 1. The summed E-state index contributed by atoms with van der Waals surface area (Å²) in [6.45, 7) is 5.81. The first kappa shape index (κ1) is 20.9. The molecular formula is C22H23ClN6O2. The Morgan fingerprint density at radius 1 is 1.26 bits per heavy atom. The summed E-state index contributed by atoms with van der Waals surface area (Å²) in [6, 6.07) is 9.31. The van der Waals surface area contributed by atoms with E-state index in [4.69, 9.17) is 16.3 Å². The molecule has 0 fully saturated rings. The zero-order chi connectivity index (χ0) is 21.8. The molecule has 0 unspecified atom stereocenters. The second kappa shape index (κ2) is 9.18. The minimum absolute atomic E-state index is 0.232. The van der Waals surface area contributed by atoms with Crippen LogP contribution in [0.25, 0.3) is 16.9 Å². The van der Waals surface area contributed by atoms with Crippen LogP contribution >= 0.6 is 11.6 Å². The Labute approximate surface area is 184 Å². The number of ether oxygens (including phenoxy) is 1. The van der Waals surface area contributed by atoms with Crippen LogP contribution in [-0.2, 0) is 6.54 Å². The molecule has 9 heteroatoms. The molecular weight excluding hydrogens is 416 g/mol. The number of fused-ring (bicyclic) bond motifs is 1. The molecule has 0 aliphatic carbocycles. The lowest BCUT2D eigenvalue weighted by atomic mass is 10.1. The molecule has 0 radical (unpaired) electrons. The zero-order valence-electron chi connectivity index (χ0n) is 17.4. The van der Waals surface area contributed by atoms with Crippen LogP contribution in [0.2, 0.25) is 5.15 Å². The lowest BCUT2D eigenvalue weighted by Crippen LogP contribution is -2.25. The van der Waals surface area contributed by atoms with Crippen molar-refractivity contribution in [1.29, 1.82) is 0 Å². The number of aryl methyl sites for hydroxylation is 2. The molecule has 0 spiro atoms. The third-order valence-electron chi connectivity index (χ3n) is 4.92. The average Bonchev–Trinajstić information content (AvgIpc) is 3.38. The van der Waals surface area contributed by atoms with E-state index in [9.17, 15) is 4.79 Å². The SMILES string of the molecule is CCOc1ccc(-c2cc(Cl)n3ncc(C(=O)NCCCn4ccnc4C)c3n2)cc1. The van der Waals surface area contributed by atoms with Crippen molar-refractivity contribution in [3.8, 4) is 17.0 Å². The maximum atomic E-state index is 12.7. The molecule has 0 saturated heterocycles. The molecule has 3 heterocycles. The minimum atomic E-state index is -0.232. The van der Waals surface area contributed by atoms with Gasteiger partial charge in [-0.25, -0.2) is 14.5 Å². The van der Waals surface area contributed by atoms with Gasteiger partial charge in [-0.3, -0.25) is 4.79 Å². The maximum Gasteiger partial charge on any atom is 0.256 e. The Morgan fingerprint density at radius 2 is 2.06 bits per heavy atom. The van der Waals surface area contributed by atoms with Gasteiger partial charge in [0.15, 0.2) is 5.65 Å². The summed E-state index contributed by atoms with van der Waals surface area (Å²) < 4.78 is 9.00. The van der Waals surface area contributed by atoms with Crippen molar-refractivity contribution in [2.24, 2.45) is 0 Å². The quantitative estimate of drug-likeness (QED) is 0.334. The monoisotopic (exact) mass is 438 g/mol. The van der Waals surface area contributed by atoms with Crippen molar-refractivity contribution in [2.45, 2.75) is 26.8 Å². The minimum Gasteiger partial charge on any atom is -0.494 e. The lowest BCUT2D eigenvalue weighted by molar-refractivity contribution is 0.0954. The maximum absolute atomic E-state index is 12.7. The van der Waals surface area contributed by atoms with Crippen molar-refractivity contribution in [3.05, 3.63) is 65.5 Å². The molecule has 0 saturated carbocycles. The molecule has 1 aromatic carbocycles. The summed E-state index contributed by atoms with van der Waals surface area (Å²) >= 11 is 6.41. The molecule has 4 rings (SSSR count). The number of rotatable bonds is 8. The number of aromatic nitrogens is 5. The van der Waals surface area contributed by atoms with Gasteiger partial charge in [0.25, 0.3) is 5.91 Å². The Kier molecular flexibility index (Phi) is 6.18. The summed E-state index contributed by atoms with van der Waals surface area (Å²) in [5.41, 5.74) is 2.33. The number of hydrogen-bond donors (Lipinski definition) is 1. The highest BCUT2D eigenvalue weighted by molar-refractivity contribution is 6.30. The Hall–Kier alpha value is -3.39. The predicted octanol–water partition coefficient (Wildman–Crippen LogP) is 3.77. The van der Waals surface area contributed by atoms with E-state index in [0.29, 0.717) is 35.2 Å². The van der Waals surface area contributed by atoms with Gasteiger partial charge in [-0.2, -0.15) is 5.10 Å². The van der Waals surface area contributed by atoms with E-state index in [0.717, 1.165) is 30.1 Å². The van der Waals surface area contributed by atoms with Crippen molar-refractivity contribution in [1.82, 2.24) is 29.5 Å². The summed E-state index contributed by atoms with van der Waals surface area (Å²) in [5, 5.41) is 7.53. The van der Waals surface area contributed by atoms with E-state index >= 15 is 0 Å². The molecule has 0 atom stereocenters. The highest BCUT2D eigenvalue weighted by Crippen LogP contribution is 2.25. The van der Waals surface area contributed by atoms with E-state index < -0.39 is 0 Å². The van der Waals surface area contributed by atoms with Gasteiger partial charge in [0, 0.05) is 37.1 Å². The van der Waals surface area contributed by atoms with E-state index in [2.05, 4.69) is 20.4 Å². The van der Waals surface area contributed by atoms with Gasteiger partial charge in [-0.15, -0.1) is 0 Å². The Balaban J connectivity index is 1.50. The lowest BCUT2D eigenvalue weighted by Gasteiger charge is -2.08. The van der Waals surface area contributed by atoms with Crippen LogP contribution in [0.4, 0.5) is 0 Å². The van der Waals surface area contributed by atoms with Crippen molar-refractivity contribution in [3.63, 3.8) is 0 Å².